The van der Waals surface area contributed by atoms with Gasteiger partial charge in [-0.1, -0.05) is 28.3 Å². The third-order valence-corrected chi connectivity index (χ3v) is 5.02. The molecule has 0 radical (unpaired) electrons. The molecule has 0 aliphatic rings. The highest BCUT2D eigenvalue weighted by atomic mass is 35.5. The van der Waals surface area contributed by atoms with Gasteiger partial charge in [0.2, 0.25) is 5.75 Å². The normalized spacial score (nSPS) is 13.6. The Bertz CT molecular complexity index is 1170. The number of carboxylic acid groups (broad SMARTS) is 1. The summed E-state index contributed by atoms with van der Waals surface area (Å²) in [4.78, 5) is 43.0. The molecule has 13 heteroatoms. The van der Waals surface area contributed by atoms with Crippen molar-refractivity contribution in [3.8, 4) is 5.75 Å². The largest absolute Gasteiger partial charge is 0.565 e. The Morgan fingerprint density at radius 2 is 1.75 bits per heavy atom. The Morgan fingerprint density at radius 3 is 2.28 bits per heavy atom. The zero-order chi connectivity index (χ0) is 27.5. The molecule has 36 heavy (non-hydrogen) atoms. The fraction of sp³-hybridized carbons (Fsp3) is 0.435. The number of carbonyl (C=O) groups excluding carboxylic acids is 2. The number of hydrogen-bond donors (Lipinski definition) is 1. The van der Waals surface area contributed by atoms with Crippen LogP contribution in [0.5, 0.6) is 5.75 Å². The summed E-state index contributed by atoms with van der Waals surface area (Å²) in [5.74, 6) is -2.91. The lowest BCUT2D eigenvalue weighted by Gasteiger charge is -2.32. The summed E-state index contributed by atoms with van der Waals surface area (Å²) >= 11 is 12.1. The third-order valence-electron chi connectivity index (χ3n) is 4.25. The van der Waals surface area contributed by atoms with Crippen molar-refractivity contribution in [3.05, 3.63) is 45.3 Å². The van der Waals surface area contributed by atoms with Crippen molar-refractivity contribution in [2.75, 3.05) is 6.61 Å². The maximum absolute atomic E-state index is 13.9. The Kier molecular flexibility index (Phi) is 9.00. The van der Waals surface area contributed by atoms with Gasteiger partial charge in [-0.3, -0.25) is 0 Å². The van der Waals surface area contributed by atoms with Gasteiger partial charge in [0.25, 0.3) is 0 Å². The van der Waals surface area contributed by atoms with Gasteiger partial charge in [-0.15, -0.1) is 5.10 Å². The summed E-state index contributed by atoms with van der Waals surface area (Å²) in [7, 11) is 0. The number of benzene rings is 1. The second-order valence-electron chi connectivity index (χ2n) is 9.59. The Morgan fingerprint density at radius 1 is 1.11 bits per heavy atom. The molecule has 2 rings (SSSR count). The van der Waals surface area contributed by atoms with E-state index in [4.69, 9.17) is 37.5 Å². The smallest absolute Gasteiger partial charge is 0.486 e. The summed E-state index contributed by atoms with van der Waals surface area (Å²) in [5.41, 5.74) is -2.40. The molecule has 196 valence electrons. The number of carbonyl (C=O) groups is 3. The van der Waals surface area contributed by atoms with Crippen molar-refractivity contribution >= 4 is 47.5 Å². The van der Waals surface area contributed by atoms with E-state index in [1.165, 1.54) is 6.07 Å². The molecular weight excluding hydrogens is 520 g/mol. The highest BCUT2D eigenvalue weighted by Crippen LogP contribution is 2.36. The molecule has 1 N–H and O–H groups in total. The molecule has 2 aromatic rings. The second-order valence-corrected chi connectivity index (χ2v) is 10.4. The monoisotopic (exact) mass is 546 g/mol. The molecule has 0 saturated heterocycles. The Balaban J connectivity index is 2.60. The predicted molar refractivity (Wildman–Crippen MR) is 130 cm³/mol. The van der Waals surface area contributed by atoms with Crippen LogP contribution in [-0.4, -0.2) is 51.6 Å². The topological polar surface area (TPSA) is 125 Å². The fourth-order valence-electron chi connectivity index (χ4n) is 2.91. The van der Waals surface area contributed by atoms with Gasteiger partial charge in [-0.05, 0) is 59.2 Å². The summed E-state index contributed by atoms with van der Waals surface area (Å²) in [6.45, 7) is 9.30. The summed E-state index contributed by atoms with van der Waals surface area (Å²) in [6.07, 6.45) is -1.03. The van der Waals surface area contributed by atoms with Gasteiger partial charge in [0.1, 0.15) is 17.0 Å². The van der Waals surface area contributed by atoms with Gasteiger partial charge in [-0.2, -0.15) is 9.63 Å². The molecule has 1 unspecified atom stereocenters. The van der Waals surface area contributed by atoms with Gasteiger partial charge < -0.3 is 14.6 Å². The number of imide groups is 1. The first-order valence-corrected chi connectivity index (χ1v) is 11.4. The quantitative estimate of drug-likeness (QED) is 0.201. The number of rotatable bonds is 8. The van der Waals surface area contributed by atoms with Gasteiger partial charge in [0.05, 0.1) is 11.6 Å². The molecule has 0 saturated carbocycles. The minimum atomic E-state index is -1.57. The molecule has 0 fully saturated rings. The molecule has 1 atom stereocenters. The molecule has 1 aromatic heterocycles. The molecule has 0 spiro atoms. The maximum atomic E-state index is 13.9. The van der Waals surface area contributed by atoms with Crippen LogP contribution in [0.3, 0.4) is 0 Å². The van der Waals surface area contributed by atoms with Crippen molar-refractivity contribution in [2.24, 2.45) is 0 Å². The molecule has 2 amide bonds. The Labute approximate surface area is 217 Å². The first kappa shape index (κ1) is 29.4. The highest BCUT2D eigenvalue weighted by molar-refractivity contribution is 6.36. The van der Waals surface area contributed by atoms with Gasteiger partial charge >= 0.3 is 24.3 Å². The van der Waals surface area contributed by atoms with Gasteiger partial charge in [0.15, 0.2) is 5.69 Å². The third kappa shape index (κ3) is 7.10. The number of aromatic carboxylic acids is 1. The molecular formula is C23H27Cl2FN3O7+. The molecule has 1 aromatic carbocycles. The zero-order valence-electron chi connectivity index (χ0n) is 20.6. The van der Waals surface area contributed by atoms with Gasteiger partial charge in [-0.25, -0.2) is 14.0 Å². The minimum Gasteiger partial charge on any atom is -0.486 e. The van der Waals surface area contributed by atoms with Crippen molar-refractivity contribution in [2.45, 2.75) is 59.2 Å². The number of nitrogens with zero attached hydrogens (tertiary/aromatic N) is 3. The first-order chi connectivity index (χ1) is 16.5. The van der Waals surface area contributed by atoms with E-state index in [1.807, 2.05) is 0 Å². The van der Waals surface area contributed by atoms with Crippen LogP contribution in [0, 0.1) is 5.82 Å². The summed E-state index contributed by atoms with van der Waals surface area (Å²) in [6, 6.07) is 3.42. The number of amides is 2. The van der Waals surface area contributed by atoms with E-state index in [9.17, 15) is 23.9 Å². The second kappa shape index (κ2) is 11.0. The van der Waals surface area contributed by atoms with Crippen molar-refractivity contribution < 1.29 is 38.2 Å². The number of quaternary nitrogens is 1. The van der Waals surface area contributed by atoms with Crippen molar-refractivity contribution in [1.82, 2.24) is 14.8 Å². The summed E-state index contributed by atoms with van der Waals surface area (Å²) < 4.78 is 23.4. The minimum absolute atomic E-state index is 0.00670. The number of ether oxygens (including phenoxy) is 2. The van der Waals surface area contributed by atoms with Crippen molar-refractivity contribution in [1.29, 1.82) is 0 Å². The maximum Gasteiger partial charge on any atom is 0.565 e. The number of carboxylic acids is 1. The van der Waals surface area contributed by atoms with E-state index in [2.05, 4.69) is 10.2 Å². The van der Waals surface area contributed by atoms with E-state index in [0.29, 0.717) is 0 Å². The average Bonchev–Trinajstić information content (AvgIpc) is 2.75. The van der Waals surface area contributed by atoms with Crippen LogP contribution >= 0.6 is 23.2 Å². The standard InChI is InChI=1S/C23H26Cl2FN3O7/c1-22(2,3)35-21(33)29(12-30,36-23(4,5)6)19-17(11-16(20(31)32)27-28-19)34-10-9-13-14(24)7-8-15(26)18(13)25/h7-8,11-12H,9-10H2,1-6H3/p+1. The Hall–Kier alpha value is -2.86. The molecule has 0 aliphatic heterocycles. The molecule has 10 nitrogen and oxygen atoms in total. The van der Waals surface area contributed by atoms with E-state index in [1.54, 1.807) is 41.5 Å². The van der Waals surface area contributed by atoms with Crippen LogP contribution in [0.15, 0.2) is 18.2 Å². The average molecular weight is 547 g/mol. The predicted octanol–water partition coefficient (Wildman–Crippen LogP) is 5.37. The summed E-state index contributed by atoms with van der Waals surface area (Å²) in [5, 5.41) is 16.8. The van der Waals surface area contributed by atoms with Crippen LogP contribution in [0.4, 0.5) is 15.0 Å². The van der Waals surface area contributed by atoms with E-state index in [-0.39, 0.29) is 40.8 Å². The van der Waals surface area contributed by atoms with Crippen LogP contribution in [0.1, 0.15) is 57.6 Å². The zero-order valence-corrected chi connectivity index (χ0v) is 22.1. The van der Waals surface area contributed by atoms with E-state index < -0.39 is 45.2 Å². The lowest BCUT2D eigenvalue weighted by Crippen LogP contribution is -2.59. The number of aromatic nitrogens is 2. The van der Waals surface area contributed by atoms with Gasteiger partial charge in [0, 0.05) is 22.2 Å². The van der Waals surface area contributed by atoms with E-state index in [0.717, 1.165) is 12.1 Å². The lowest BCUT2D eigenvalue weighted by atomic mass is 10.1. The fourth-order valence-corrected chi connectivity index (χ4v) is 3.47. The van der Waals surface area contributed by atoms with Crippen LogP contribution in [0.25, 0.3) is 0 Å². The number of hydroxylamine groups is 2. The van der Waals surface area contributed by atoms with Crippen LogP contribution in [-0.2, 0) is 20.8 Å². The van der Waals surface area contributed by atoms with Crippen LogP contribution < -0.4 is 9.38 Å². The van der Waals surface area contributed by atoms with Crippen LogP contribution in [0.2, 0.25) is 10.0 Å². The SMILES string of the molecule is CC(C)(C)OC(=O)[N+](C=O)(OC(C)(C)C)c1nnc(C(=O)O)cc1OCCc1c(Cl)ccc(F)c1Cl. The number of hydrogen-bond acceptors (Lipinski definition) is 8. The highest BCUT2D eigenvalue weighted by Gasteiger charge is 2.54. The molecule has 0 bridgehead atoms. The molecule has 1 heterocycles. The lowest BCUT2D eigenvalue weighted by molar-refractivity contribution is -0.199. The van der Waals surface area contributed by atoms with E-state index >= 15 is 0 Å². The van der Waals surface area contributed by atoms with Crippen molar-refractivity contribution in [3.63, 3.8) is 0 Å². The molecule has 0 aliphatic carbocycles. The number of halogens is 3. The first-order valence-electron chi connectivity index (χ1n) is 10.7.